The van der Waals surface area contributed by atoms with Crippen molar-refractivity contribution in [3.05, 3.63) is 29.6 Å². The van der Waals surface area contributed by atoms with Gasteiger partial charge in [0, 0.05) is 19.7 Å². The lowest BCUT2D eigenvalue weighted by Crippen LogP contribution is -2.59. The van der Waals surface area contributed by atoms with Gasteiger partial charge in [-0.15, -0.1) is 0 Å². The molecule has 1 aromatic rings. The van der Waals surface area contributed by atoms with E-state index in [0.717, 1.165) is 19.4 Å². The number of hydrogen-bond acceptors (Lipinski definition) is 4. The molecule has 2 aliphatic rings. The smallest absolute Gasteiger partial charge is 0.164 e. The fraction of sp³-hybridized carbons (Fsp3) is 0.588. The molecular formula is C17H22FNO3. The number of carbonyl (C=O) groups excluding carboxylic acids is 1. The monoisotopic (exact) mass is 307 g/mol. The molecule has 1 aromatic carbocycles. The zero-order valence-electron chi connectivity index (χ0n) is 13.1. The van der Waals surface area contributed by atoms with E-state index in [0.29, 0.717) is 25.4 Å². The van der Waals surface area contributed by atoms with E-state index in [1.807, 2.05) is 13.0 Å². The van der Waals surface area contributed by atoms with Crippen LogP contribution in [0.25, 0.3) is 0 Å². The number of ketones is 1. The Morgan fingerprint density at radius 2 is 2.27 bits per heavy atom. The average Bonchev–Trinajstić information content (AvgIpc) is 2.46. The first-order valence-electron chi connectivity index (χ1n) is 7.81. The molecule has 0 N–H and O–H groups in total. The lowest BCUT2D eigenvalue weighted by atomic mass is 9.92. The molecule has 3 rings (SSSR count). The van der Waals surface area contributed by atoms with Gasteiger partial charge in [0.25, 0.3) is 0 Å². The van der Waals surface area contributed by atoms with Crippen LogP contribution in [0.4, 0.5) is 10.1 Å². The molecule has 4 nitrogen and oxygen atoms in total. The first-order valence-corrected chi connectivity index (χ1v) is 7.81. The number of nitrogens with zero attached hydrogens (tertiary/aromatic N) is 1. The summed E-state index contributed by atoms with van der Waals surface area (Å²) in [6, 6.07) is 4.81. The lowest BCUT2D eigenvalue weighted by molar-refractivity contribution is -0.160. The number of hydrogen-bond donors (Lipinski definition) is 0. The number of benzene rings is 1. The fourth-order valence-corrected chi connectivity index (χ4v) is 3.58. The molecule has 2 saturated heterocycles. The van der Waals surface area contributed by atoms with Gasteiger partial charge >= 0.3 is 0 Å². The second kappa shape index (κ2) is 5.97. The van der Waals surface area contributed by atoms with Gasteiger partial charge in [-0.1, -0.05) is 6.07 Å². The first-order chi connectivity index (χ1) is 10.5. The Morgan fingerprint density at radius 3 is 2.95 bits per heavy atom. The Kier molecular flexibility index (Phi) is 4.19. The number of morpholine rings is 1. The Hall–Kier alpha value is -1.46. The molecule has 0 bridgehead atoms. The van der Waals surface area contributed by atoms with E-state index < -0.39 is 5.82 Å². The predicted molar refractivity (Wildman–Crippen MR) is 81.9 cm³/mol. The summed E-state index contributed by atoms with van der Waals surface area (Å²) >= 11 is 0. The Balaban J connectivity index is 1.94. The minimum Gasteiger partial charge on any atom is -0.378 e. The number of halogens is 1. The van der Waals surface area contributed by atoms with Crippen molar-refractivity contribution in [3.63, 3.8) is 0 Å². The maximum absolute atomic E-state index is 14.1. The van der Waals surface area contributed by atoms with E-state index in [9.17, 15) is 9.18 Å². The average molecular weight is 307 g/mol. The van der Waals surface area contributed by atoms with Crippen LogP contribution in [0.15, 0.2) is 18.2 Å². The van der Waals surface area contributed by atoms with Crippen LogP contribution < -0.4 is 4.90 Å². The highest BCUT2D eigenvalue weighted by Gasteiger charge is 2.42. The van der Waals surface area contributed by atoms with Crippen LogP contribution in [0.2, 0.25) is 0 Å². The summed E-state index contributed by atoms with van der Waals surface area (Å²) in [5.74, 6) is -0.709. The third-order valence-corrected chi connectivity index (χ3v) is 4.38. The fourth-order valence-electron chi connectivity index (χ4n) is 3.58. The minimum absolute atomic E-state index is 0.0125. The van der Waals surface area contributed by atoms with Crippen LogP contribution in [-0.2, 0) is 9.47 Å². The van der Waals surface area contributed by atoms with E-state index in [2.05, 4.69) is 4.90 Å². The summed E-state index contributed by atoms with van der Waals surface area (Å²) in [5, 5.41) is 0. The summed E-state index contributed by atoms with van der Waals surface area (Å²) in [6.45, 7) is 6.00. The van der Waals surface area contributed by atoms with Crippen molar-refractivity contribution in [1.82, 2.24) is 0 Å². The normalized spacial score (nSPS) is 28.9. The van der Waals surface area contributed by atoms with Gasteiger partial charge in [-0.3, -0.25) is 4.79 Å². The van der Waals surface area contributed by atoms with E-state index >= 15 is 0 Å². The standard InChI is InChI=1S/C17H22FNO3/c1-12-9-19(10-17(22-12)7-4-8-21-11-17)15-6-3-5-14(18)16(15)13(2)20/h3,5-6,12H,4,7-11H2,1-2H3/t12-,17-/m0/s1. The van der Waals surface area contributed by atoms with Crippen LogP contribution in [0.1, 0.15) is 37.0 Å². The van der Waals surface area contributed by atoms with Gasteiger partial charge in [-0.2, -0.15) is 0 Å². The van der Waals surface area contributed by atoms with Crippen molar-refractivity contribution in [2.75, 3.05) is 31.2 Å². The molecule has 120 valence electrons. The van der Waals surface area contributed by atoms with Gasteiger partial charge in [-0.05, 0) is 38.8 Å². The molecule has 0 aliphatic carbocycles. The zero-order chi connectivity index (χ0) is 15.7. The highest BCUT2D eigenvalue weighted by atomic mass is 19.1. The molecular weight excluding hydrogens is 285 g/mol. The molecule has 2 heterocycles. The molecule has 2 fully saturated rings. The molecule has 0 aromatic heterocycles. The summed E-state index contributed by atoms with van der Waals surface area (Å²) < 4.78 is 25.8. The van der Waals surface area contributed by atoms with Crippen LogP contribution in [-0.4, -0.2) is 43.8 Å². The van der Waals surface area contributed by atoms with Crippen molar-refractivity contribution in [2.45, 2.75) is 38.4 Å². The summed E-state index contributed by atoms with van der Waals surface area (Å²) in [6.07, 6.45) is 1.90. The Bertz CT molecular complexity index is 569. The zero-order valence-corrected chi connectivity index (χ0v) is 13.1. The van der Waals surface area contributed by atoms with Crippen molar-refractivity contribution >= 4 is 11.5 Å². The van der Waals surface area contributed by atoms with Gasteiger partial charge in [0.05, 0.1) is 24.0 Å². The Labute approximate surface area is 130 Å². The molecule has 0 saturated carbocycles. The maximum Gasteiger partial charge on any atom is 0.164 e. The van der Waals surface area contributed by atoms with Gasteiger partial charge in [0.1, 0.15) is 11.4 Å². The molecule has 2 aliphatic heterocycles. The van der Waals surface area contributed by atoms with E-state index in [-0.39, 0.29) is 23.1 Å². The summed E-state index contributed by atoms with van der Waals surface area (Å²) in [4.78, 5) is 13.9. The molecule has 5 heteroatoms. The second-order valence-corrected chi connectivity index (χ2v) is 6.34. The third kappa shape index (κ3) is 2.88. The molecule has 2 atom stereocenters. The van der Waals surface area contributed by atoms with Crippen molar-refractivity contribution < 1.29 is 18.7 Å². The largest absolute Gasteiger partial charge is 0.378 e. The van der Waals surface area contributed by atoms with Gasteiger partial charge in [0.15, 0.2) is 5.78 Å². The van der Waals surface area contributed by atoms with E-state index in [1.54, 1.807) is 6.07 Å². The quantitative estimate of drug-likeness (QED) is 0.788. The number of ether oxygens (including phenoxy) is 2. The number of carbonyl (C=O) groups is 1. The minimum atomic E-state index is -0.460. The van der Waals surface area contributed by atoms with Crippen molar-refractivity contribution in [3.8, 4) is 0 Å². The topological polar surface area (TPSA) is 38.8 Å². The SMILES string of the molecule is CC(=O)c1c(F)cccc1N1C[C@H](C)O[C@@]2(CCCOC2)C1. The first kappa shape index (κ1) is 15.4. The summed E-state index contributed by atoms with van der Waals surface area (Å²) in [5.41, 5.74) is 0.479. The lowest BCUT2D eigenvalue weighted by Gasteiger charge is -2.48. The Morgan fingerprint density at radius 1 is 1.45 bits per heavy atom. The predicted octanol–water partition coefficient (Wildman–Crippen LogP) is 2.80. The number of anilines is 1. The van der Waals surface area contributed by atoms with E-state index in [1.165, 1.54) is 13.0 Å². The number of Topliss-reactive ketones (excluding diaryl/α,β-unsaturated/α-hetero) is 1. The second-order valence-electron chi connectivity index (χ2n) is 6.34. The third-order valence-electron chi connectivity index (χ3n) is 4.38. The molecule has 1 spiro atoms. The van der Waals surface area contributed by atoms with Gasteiger partial charge < -0.3 is 14.4 Å². The van der Waals surface area contributed by atoms with Crippen LogP contribution in [0.3, 0.4) is 0 Å². The molecule has 22 heavy (non-hydrogen) atoms. The highest BCUT2D eigenvalue weighted by Crippen LogP contribution is 2.34. The van der Waals surface area contributed by atoms with Crippen molar-refractivity contribution in [1.29, 1.82) is 0 Å². The van der Waals surface area contributed by atoms with Crippen LogP contribution in [0, 0.1) is 5.82 Å². The number of rotatable bonds is 2. The summed E-state index contributed by atoms with van der Waals surface area (Å²) in [7, 11) is 0. The van der Waals surface area contributed by atoms with Gasteiger partial charge in [-0.25, -0.2) is 4.39 Å². The molecule has 0 radical (unpaired) electrons. The maximum atomic E-state index is 14.1. The van der Waals surface area contributed by atoms with Crippen LogP contribution >= 0.6 is 0 Å². The highest BCUT2D eigenvalue weighted by molar-refractivity contribution is 6.00. The van der Waals surface area contributed by atoms with Crippen LogP contribution in [0.5, 0.6) is 0 Å². The molecule has 0 amide bonds. The molecule has 0 unspecified atom stereocenters. The van der Waals surface area contributed by atoms with E-state index in [4.69, 9.17) is 9.47 Å². The van der Waals surface area contributed by atoms with Gasteiger partial charge in [0.2, 0.25) is 0 Å². The van der Waals surface area contributed by atoms with Crippen molar-refractivity contribution in [2.24, 2.45) is 0 Å².